The smallest absolute Gasteiger partial charge is 0.169 e. The topological polar surface area (TPSA) is 68.2 Å². The number of rotatable bonds is 2. The first-order valence-electron chi connectivity index (χ1n) is 6.90. The largest absolute Gasteiger partial charge is 0.393 e. The van der Waals surface area contributed by atoms with E-state index in [1.807, 2.05) is 6.92 Å². The van der Waals surface area contributed by atoms with Crippen molar-refractivity contribution in [2.24, 2.45) is 0 Å². The average molecular weight is 258 g/mol. The van der Waals surface area contributed by atoms with Crippen LogP contribution in [0.15, 0.2) is 0 Å². The fourth-order valence-electron chi connectivity index (χ4n) is 3.52. The summed E-state index contributed by atoms with van der Waals surface area (Å²) in [6.45, 7) is 1.43. The molecule has 2 aliphatic heterocycles. The first-order chi connectivity index (χ1) is 8.65. The molecule has 5 heteroatoms. The van der Waals surface area contributed by atoms with Crippen LogP contribution in [-0.2, 0) is 14.2 Å². The molecule has 18 heavy (non-hydrogen) atoms. The van der Waals surface area contributed by atoms with Crippen molar-refractivity contribution < 1.29 is 24.4 Å². The lowest BCUT2D eigenvalue weighted by Crippen LogP contribution is -2.50. The van der Waals surface area contributed by atoms with E-state index in [-0.39, 0.29) is 31.5 Å². The second-order valence-electron chi connectivity index (χ2n) is 5.80. The maximum Gasteiger partial charge on any atom is 0.169 e. The third kappa shape index (κ3) is 1.72. The molecule has 2 heterocycles. The standard InChI is InChI=1S/C13H22O5/c1-9-10-11(12(7-14,8-15)16-9)18-13(17-10)5-3-2-4-6-13/h9-11,14-15H,2-8H2,1H3. The first-order valence-corrected chi connectivity index (χ1v) is 6.90. The van der Waals surface area contributed by atoms with Gasteiger partial charge in [0.1, 0.15) is 17.8 Å². The SMILES string of the molecule is CC1OC(CO)(CO)C2OC3(CCCCC3)OC12. The van der Waals surface area contributed by atoms with E-state index < -0.39 is 11.4 Å². The molecule has 0 bridgehead atoms. The van der Waals surface area contributed by atoms with Crippen LogP contribution in [-0.4, -0.2) is 53.1 Å². The van der Waals surface area contributed by atoms with Crippen molar-refractivity contribution in [1.29, 1.82) is 0 Å². The quantitative estimate of drug-likeness (QED) is 0.758. The van der Waals surface area contributed by atoms with Crippen LogP contribution in [0.25, 0.3) is 0 Å². The Bertz CT molecular complexity index is 309. The Labute approximate surface area is 107 Å². The lowest BCUT2D eigenvalue weighted by molar-refractivity contribution is -0.247. The van der Waals surface area contributed by atoms with E-state index in [0.29, 0.717) is 0 Å². The van der Waals surface area contributed by atoms with Gasteiger partial charge >= 0.3 is 0 Å². The summed E-state index contributed by atoms with van der Waals surface area (Å²) in [5.74, 6) is -0.499. The van der Waals surface area contributed by atoms with Gasteiger partial charge in [0.2, 0.25) is 0 Å². The molecule has 3 rings (SSSR count). The van der Waals surface area contributed by atoms with Crippen LogP contribution in [0.5, 0.6) is 0 Å². The second kappa shape index (κ2) is 4.42. The van der Waals surface area contributed by atoms with E-state index in [9.17, 15) is 10.2 Å². The highest BCUT2D eigenvalue weighted by atomic mass is 16.8. The molecule has 0 aromatic heterocycles. The zero-order chi connectivity index (χ0) is 12.8. The fourth-order valence-corrected chi connectivity index (χ4v) is 3.52. The summed E-state index contributed by atoms with van der Waals surface area (Å²) in [6, 6.07) is 0. The minimum Gasteiger partial charge on any atom is -0.393 e. The maximum atomic E-state index is 9.55. The molecule has 1 spiro atoms. The number of aliphatic hydroxyl groups excluding tert-OH is 2. The van der Waals surface area contributed by atoms with E-state index >= 15 is 0 Å². The van der Waals surface area contributed by atoms with Gasteiger partial charge in [-0.25, -0.2) is 0 Å². The van der Waals surface area contributed by atoms with Gasteiger partial charge in [0.25, 0.3) is 0 Å². The van der Waals surface area contributed by atoms with Crippen molar-refractivity contribution in [1.82, 2.24) is 0 Å². The van der Waals surface area contributed by atoms with Crippen LogP contribution < -0.4 is 0 Å². The van der Waals surface area contributed by atoms with Crippen LogP contribution in [0.4, 0.5) is 0 Å². The predicted molar refractivity (Wildman–Crippen MR) is 63.0 cm³/mol. The molecule has 5 nitrogen and oxygen atoms in total. The number of ether oxygens (including phenoxy) is 3. The number of hydrogen-bond donors (Lipinski definition) is 2. The fraction of sp³-hybridized carbons (Fsp3) is 1.00. The van der Waals surface area contributed by atoms with Gasteiger partial charge in [0.15, 0.2) is 5.79 Å². The molecular formula is C13H22O5. The Hall–Kier alpha value is -0.200. The molecule has 0 amide bonds. The van der Waals surface area contributed by atoms with Crippen molar-refractivity contribution in [3.05, 3.63) is 0 Å². The van der Waals surface area contributed by atoms with Crippen LogP contribution in [0.1, 0.15) is 39.0 Å². The summed E-state index contributed by atoms with van der Waals surface area (Å²) in [6.07, 6.45) is 4.55. The highest BCUT2D eigenvalue weighted by Crippen LogP contribution is 2.48. The zero-order valence-electron chi connectivity index (χ0n) is 10.8. The molecule has 2 saturated heterocycles. The summed E-state index contributed by atoms with van der Waals surface area (Å²) in [4.78, 5) is 0. The Morgan fingerprint density at radius 1 is 1.00 bits per heavy atom. The highest BCUT2D eigenvalue weighted by Gasteiger charge is 2.63. The van der Waals surface area contributed by atoms with Crippen LogP contribution in [0.3, 0.4) is 0 Å². The zero-order valence-corrected chi connectivity index (χ0v) is 10.8. The third-order valence-electron chi connectivity index (χ3n) is 4.54. The van der Waals surface area contributed by atoms with Crippen LogP contribution >= 0.6 is 0 Å². The van der Waals surface area contributed by atoms with Crippen molar-refractivity contribution in [3.8, 4) is 0 Å². The molecule has 3 aliphatic rings. The van der Waals surface area contributed by atoms with Crippen molar-refractivity contribution in [2.45, 2.75) is 68.7 Å². The van der Waals surface area contributed by atoms with Gasteiger partial charge in [-0.05, 0) is 19.8 Å². The van der Waals surface area contributed by atoms with E-state index in [4.69, 9.17) is 14.2 Å². The Kier molecular flexibility index (Phi) is 3.15. The summed E-state index contributed by atoms with van der Waals surface area (Å²) < 4.78 is 17.9. The summed E-state index contributed by atoms with van der Waals surface area (Å²) in [5, 5.41) is 19.1. The van der Waals surface area contributed by atoms with E-state index in [0.717, 1.165) is 25.7 Å². The third-order valence-corrected chi connectivity index (χ3v) is 4.54. The van der Waals surface area contributed by atoms with Gasteiger partial charge in [0, 0.05) is 12.8 Å². The van der Waals surface area contributed by atoms with Gasteiger partial charge in [-0.3, -0.25) is 0 Å². The van der Waals surface area contributed by atoms with Gasteiger partial charge in [-0.15, -0.1) is 0 Å². The van der Waals surface area contributed by atoms with Crippen LogP contribution in [0, 0.1) is 0 Å². The second-order valence-corrected chi connectivity index (χ2v) is 5.80. The molecule has 3 unspecified atom stereocenters. The van der Waals surface area contributed by atoms with E-state index in [1.165, 1.54) is 6.42 Å². The van der Waals surface area contributed by atoms with Crippen molar-refractivity contribution >= 4 is 0 Å². The molecule has 1 saturated carbocycles. The van der Waals surface area contributed by atoms with Gasteiger partial charge in [-0.2, -0.15) is 0 Å². The maximum absolute atomic E-state index is 9.55. The molecular weight excluding hydrogens is 236 g/mol. The summed E-state index contributed by atoms with van der Waals surface area (Å²) in [7, 11) is 0. The lowest BCUT2D eigenvalue weighted by atomic mass is 9.94. The van der Waals surface area contributed by atoms with Gasteiger partial charge < -0.3 is 24.4 Å². The number of hydrogen-bond acceptors (Lipinski definition) is 5. The van der Waals surface area contributed by atoms with Crippen LogP contribution in [0.2, 0.25) is 0 Å². The molecule has 1 aliphatic carbocycles. The normalized spacial score (nSPS) is 41.2. The molecule has 3 atom stereocenters. The van der Waals surface area contributed by atoms with Crippen molar-refractivity contribution in [2.75, 3.05) is 13.2 Å². The Morgan fingerprint density at radius 2 is 1.67 bits per heavy atom. The monoisotopic (exact) mass is 258 g/mol. The first kappa shape index (κ1) is 12.8. The predicted octanol–water partition coefficient (Wildman–Crippen LogP) is 0.573. The molecule has 2 N–H and O–H groups in total. The summed E-state index contributed by atoms with van der Waals surface area (Å²) in [5.41, 5.74) is -1.01. The molecule has 3 fully saturated rings. The van der Waals surface area contributed by atoms with Crippen molar-refractivity contribution in [3.63, 3.8) is 0 Å². The minimum absolute atomic E-state index is 0.157. The molecule has 0 aromatic carbocycles. The van der Waals surface area contributed by atoms with E-state index in [2.05, 4.69) is 0 Å². The average Bonchev–Trinajstić information content (AvgIpc) is 2.87. The molecule has 104 valence electrons. The van der Waals surface area contributed by atoms with Gasteiger partial charge in [0.05, 0.1) is 19.3 Å². The van der Waals surface area contributed by atoms with Gasteiger partial charge in [-0.1, -0.05) is 6.42 Å². The minimum atomic E-state index is -1.01. The molecule has 0 aromatic rings. The number of aliphatic hydroxyl groups is 2. The molecule has 0 radical (unpaired) electrons. The number of fused-ring (bicyclic) bond motifs is 1. The highest BCUT2D eigenvalue weighted by molar-refractivity contribution is 5.07. The Morgan fingerprint density at radius 3 is 2.28 bits per heavy atom. The lowest BCUT2D eigenvalue weighted by Gasteiger charge is -2.36. The van der Waals surface area contributed by atoms with E-state index in [1.54, 1.807) is 0 Å². The summed E-state index contributed by atoms with van der Waals surface area (Å²) >= 11 is 0. The Balaban J connectivity index is 1.83.